The molecule has 3 aromatic rings. The van der Waals surface area contributed by atoms with Crippen molar-refractivity contribution in [3.63, 3.8) is 0 Å². The molecule has 1 amide bonds. The summed E-state index contributed by atoms with van der Waals surface area (Å²) in [5.41, 5.74) is 2.70. The number of nitrogens with one attached hydrogen (secondary N) is 1. The van der Waals surface area contributed by atoms with Gasteiger partial charge in [0.05, 0.1) is 6.54 Å². The van der Waals surface area contributed by atoms with Crippen molar-refractivity contribution in [3.8, 4) is 0 Å². The standard InChI is InChI=1S/C20H20F2N4OS/c1-3-26(15-8-9-16(21)17(22)10-15)12-18-24-25-20(28-18)19(27)23-11-14-6-4-13(2)5-7-14/h4-10H,3,11-12H2,1-2H3,(H,23,27). The molecule has 1 aromatic heterocycles. The fourth-order valence-electron chi connectivity index (χ4n) is 2.60. The lowest BCUT2D eigenvalue weighted by Gasteiger charge is -2.21. The number of rotatable bonds is 7. The number of nitrogens with zero attached hydrogens (tertiary/aromatic N) is 3. The summed E-state index contributed by atoms with van der Waals surface area (Å²) in [6, 6.07) is 11.7. The number of amides is 1. The minimum atomic E-state index is -0.899. The van der Waals surface area contributed by atoms with Crippen molar-refractivity contribution in [1.29, 1.82) is 0 Å². The second kappa shape index (κ2) is 8.88. The highest BCUT2D eigenvalue weighted by molar-refractivity contribution is 7.13. The molecule has 0 bridgehead atoms. The van der Waals surface area contributed by atoms with Crippen LogP contribution < -0.4 is 10.2 Å². The third kappa shape index (κ3) is 4.89. The van der Waals surface area contributed by atoms with Crippen LogP contribution in [0.15, 0.2) is 42.5 Å². The number of hydrogen-bond donors (Lipinski definition) is 1. The average molecular weight is 402 g/mol. The lowest BCUT2D eigenvalue weighted by Crippen LogP contribution is -2.22. The Balaban J connectivity index is 1.62. The number of halogens is 2. The van der Waals surface area contributed by atoms with Gasteiger partial charge in [-0.1, -0.05) is 41.2 Å². The molecule has 0 aliphatic heterocycles. The van der Waals surface area contributed by atoms with Crippen molar-refractivity contribution >= 4 is 22.9 Å². The maximum absolute atomic E-state index is 13.5. The number of benzene rings is 2. The molecule has 0 fully saturated rings. The van der Waals surface area contributed by atoms with Crippen molar-refractivity contribution < 1.29 is 13.6 Å². The molecule has 5 nitrogen and oxygen atoms in total. The van der Waals surface area contributed by atoms with Crippen LogP contribution in [0.2, 0.25) is 0 Å². The van der Waals surface area contributed by atoms with E-state index >= 15 is 0 Å². The van der Waals surface area contributed by atoms with Gasteiger partial charge in [-0.3, -0.25) is 4.79 Å². The van der Waals surface area contributed by atoms with Gasteiger partial charge < -0.3 is 10.2 Å². The van der Waals surface area contributed by atoms with Gasteiger partial charge in [0.25, 0.3) is 5.91 Å². The summed E-state index contributed by atoms with van der Waals surface area (Å²) in [6.07, 6.45) is 0. The quantitative estimate of drug-likeness (QED) is 0.647. The van der Waals surface area contributed by atoms with Crippen LogP contribution in [0.5, 0.6) is 0 Å². The van der Waals surface area contributed by atoms with Gasteiger partial charge in [0.1, 0.15) is 5.01 Å². The van der Waals surface area contributed by atoms with Crippen LogP contribution in [0.4, 0.5) is 14.5 Å². The predicted molar refractivity (Wildman–Crippen MR) is 105 cm³/mol. The van der Waals surface area contributed by atoms with E-state index in [9.17, 15) is 13.6 Å². The minimum absolute atomic E-state index is 0.267. The van der Waals surface area contributed by atoms with E-state index in [2.05, 4.69) is 15.5 Å². The molecule has 0 saturated carbocycles. The average Bonchev–Trinajstić information content (AvgIpc) is 3.16. The van der Waals surface area contributed by atoms with E-state index in [-0.39, 0.29) is 10.9 Å². The molecule has 0 aliphatic carbocycles. The van der Waals surface area contributed by atoms with Crippen LogP contribution in [-0.2, 0) is 13.1 Å². The molecule has 1 heterocycles. The van der Waals surface area contributed by atoms with E-state index in [1.807, 2.05) is 43.0 Å². The molecule has 28 heavy (non-hydrogen) atoms. The maximum Gasteiger partial charge on any atom is 0.282 e. The zero-order chi connectivity index (χ0) is 20.1. The van der Waals surface area contributed by atoms with E-state index in [1.54, 1.807) is 0 Å². The third-order valence-corrected chi connectivity index (χ3v) is 5.12. The third-order valence-electron chi connectivity index (χ3n) is 4.21. The SMILES string of the molecule is CCN(Cc1nnc(C(=O)NCc2ccc(C)cc2)s1)c1ccc(F)c(F)c1. The van der Waals surface area contributed by atoms with E-state index in [0.29, 0.717) is 30.3 Å². The lowest BCUT2D eigenvalue weighted by atomic mass is 10.1. The molecule has 0 saturated heterocycles. The molecule has 146 valence electrons. The van der Waals surface area contributed by atoms with Gasteiger partial charge in [-0.2, -0.15) is 0 Å². The molecular weight excluding hydrogens is 382 g/mol. The summed E-state index contributed by atoms with van der Waals surface area (Å²) < 4.78 is 26.6. The van der Waals surface area contributed by atoms with Gasteiger partial charge in [-0.25, -0.2) is 8.78 Å². The molecule has 0 unspecified atom stereocenters. The summed E-state index contributed by atoms with van der Waals surface area (Å²) in [5, 5.41) is 11.7. The zero-order valence-electron chi connectivity index (χ0n) is 15.6. The van der Waals surface area contributed by atoms with Gasteiger partial charge in [-0.15, -0.1) is 10.2 Å². The molecule has 2 aromatic carbocycles. The fourth-order valence-corrected chi connectivity index (χ4v) is 3.38. The van der Waals surface area contributed by atoms with Crippen molar-refractivity contribution in [2.24, 2.45) is 0 Å². The van der Waals surface area contributed by atoms with Crippen LogP contribution in [0, 0.1) is 18.6 Å². The van der Waals surface area contributed by atoms with Gasteiger partial charge >= 0.3 is 0 Å². The number of aromatic nitrogens is 2. The number of carbonyl (C=O) groups excluding carboxylic acids is 1. The smallest absolute Gasteiger partial charge is 0.282 e. The van der Waals surface area contributed by atoms with Gasteiger partial charge in [0, 0.05) is 24.8 Å². The van der Waals surface area contributed by atoms with Gasteiger partial charge in [0.15, 0.2) is 11.6 Å². The Bertz CT molecular complexity index is 959. The molecule has 0 radical (unpaired) electrons. The Kier molecular flexibility index (Phi) is 6.30. The highest BCUT2D eigenvalue weighted by atomic mass is 32.1. The summed E-state index contributed by atoms with van der Waals surface area (Å²) in [6.45, 7) is 5.23. The lowest BCUT2D eigenvalue weighted by molar-refractivity contribution is 0.0950. The molecule has 0 aliphatic rings. The van der Waals surface area contributed by atoms with E-state index in [1.165, 1.54) is 17.4 Å². The maximum atomic E-state index is 13.5. The molecule has 0 atom stereocenters. The number of anilines is 1. The molecule has 3 rings (SSSR count). The monoisotopic (exact) mass is 402 g/mol. The largest absolute Gasteiger partial charge is 0.365 e. The van der Waals surface area contributed by atoms with Crippen LogP contribution >= 0.6 is 11.3 Å². The minimum Gasteiger partial charge on any atom is -0.365 e. The van der Waals surface area contributed by atoms with Crippen molar-refractivity contribution in [2.45, 2.75) is 26.9 Å². The van der Waals surface area contributed by atoms with Crippen molar-refractivity contribution in [1.82, 2.24) is 15.5 Å². The first-order chi connectivity index (χ1) is 13.5. The van der Waals surface area contributed by atoms with Crippen molar-refractivity contribution in [3.05, 3.63) is 75.2 Å². The normalized spacial score (nSPS) is 10.7. The van der Waals surface area contributed by atoms with Gasteiger partial charge in [0.2, 0.25) is 5.01 Å². The molecule has 8 heteroatoms. The highest BCUT2D eigenvalue weighted by Crippen LogP contribution is 2.21. The molecule has 0 spiro atoms. The van der Waals surface area contributed by atoms with Crippen LogP contribution in [0.25, 0.3) is 0 Å². The second-order valence-electron chi connectivity index (χ2n) is 6.28. The Labute approximate surface area is 166 Å². The Morgan fingerprint density at radius 3 is 2.54 bits per heavy atom. The van der Waals surface area contributed by atoms with Crippen LogP contribution in [0.3, 0.4) is 0 Å². The molecular formula is C20H20F2N4OS. The predicted octanol–water partition coefficient (Wildman–Crippen LogP) is 4.08. The highest BCUT2D eigenvalue weighted by Gasteiger charge is 2.16. The first-order valence-corrected chi connectivity index (χ1v) is 9.64. The van der Waals surface area contributed by atoms with E-state index in [4.69, 9.17) is 0 Å². The summed E-state index contributed by atoms with van der Waals surface area (Å²) >= 11 is 1.18. The number of aryl methyl sites for hydroxylation is 1. The number of hydrogen-bond acceptors (Lipinski definition) is 5. The zero-order valence-corrected chi connectivity index (χ0v) is 16.4. The fraction of sp³-hybridized carbons (Fsp3) is 0.250. The number of carbonyl (C=O) groups is 1. The summed E-state index contributed by atoms with van der Waals surface area (Å²) in [5.74, 6) is -2.08. The summed E-state index contributed by atoms with van der Waals surface area (Å²) in [7, 11) is 0. The Hall–Kier alpha value is -2.87. The van der Waals surface area contributed by atoms with Crippen LogP contribution in [-0.4, -0.2) is 22.6 Å². The first kappa shape index (κ1) is 19.9. The van der Waals surface area contributed by atoms with E-state index < -0.39 is 11.6 Å². The van der Waals surface area contributed by atoms with Crippen LogP contribution in [0.1, 0.15) is 32.9 Å². The van der Waals surface area contributed by atoms with E-state index in [0.717, 1.165) is 23.3 Å². The second-order valence-corrected chi connectivity index (χ2v) is 7.34. The Morgan fingerprint density at radius 1 is 1.11 bits per heavy atom. The van der Waals surface area contributed by atoms with Gasteiger partial charge in [-0.05, 0) is 31.5 Å². The van der Waals surface area contributed by atoms with Crippen molar-refractivity contribution in [2.75, 3.05) is 11.4 Å². The summed E-state index contributed by atoms with van der Waals surface area (Å²) in [4.78, 5) is 14.1. The Morgan fingerprint density at radius 2 is 1.86 bits per heavy atom. The first-order valence-electron chi connectivity index (χ1n) is 8.82. The molecule has 1 N–H and O–H groups in total. The topological polar surface area (TPSA) is 58.1 Å².